The molecule has 0 aromatic heterocycles. The highest BCUT2D eigenvalue weighted by Gasteiger charge is 2.39. The zero-order valence-corrected chi connectivity index (χ0v) is 9.53. The summed E-state index contributed by atoms with van der Waals surface area (Å²) in [5, 5.41) is 0. The van der Waals surface area contributed by atoms with Crippen LogP contribution < -0.4 is 0 Å². The van der Waals surface area contributed by atoms with Gasteiger partial charge in [-0.1, -0.05) is 0 Å². The highest BCUT2D eigenvalue weighted by Crippen LogP contribution is 2.17. The van der Waals surface area contributed by atoms with E-state index in [4.69, 9.17) is 0 Å². The summed E-state index contributed by atoms with van der Waals surface area (Å²) in [5.74, 6) is -1.69. The normalized spacial score (nSPS) is 18.4. The molecule has 1 fully saturated rings. The molecular formula is C10H16N2O3. The average Bonchev–Trinajstić information content (AvgIpc) is 2.06. The van der Waals surface area contributed by atoms with E-state index in [0.29, 0.717) is 6.54 Å². The van der Waals surface area contributed by atoms with Crippen LogP contribution in [0.25, 0.3) is 0 Å². The van der Waals surface area contributed by atoms with Crippen LogP contribution in [0.1, 0.15) is 27.7 Å². The quantitative estimate of drug-likeness (QED) is 0.531. The molecule has 84 valence electrons. The van der Waals surface area contributed by atoms with Crippen LogP contribution >= 0.6 is 0 Å². The van der Waals surface area contributed by atoms with Crippen molar-refractivity contribution in [2.45, 2.75) is 33.2 Å². The van der Waals surface area contributed by atoms with Gasteiger partial charge in [-0.15, -0.1) is 0 Å². The van der Waals surface area contributed by atoms with Crippen LogP contribution in [0, 0.1) is 0 Å². The third-order valence-electron chi connectivity index (χ3n) is 2.41. The lowest BCUT2D eigenvalue weighted by Gasteiger charge is -2.40. The molecule has 1 aliphatic rings. The van der Waals surface area contributed by atoms with Gasteiger partial charge in [0.25, 0.3) is 0 Å². The predicted molar refractivity (Wildman–Crippen MR) is 53.9 cm³/mol. The minimum absolute atomic E-state index is 0.289. The average molecular weight is 212 g/mol. The number of carbonyl (C=O) groups is 3. The zero-order valence-electron chi connectivity index (χ0n) is 9.53. The van der Waals surface area contributed by atoms with Crippen LogP contribution in [0.5, 0.6) is 0 Å². The Morgan fingerprint density at radius 1 is 1.13 bits per heavy atom. The van der Waals surface area contributed by atoms with Gasteiger partial charge in [0.2, 0.25) is 5.91 Å². The van der Waals surface area contributed by atoms with Gasteiger partial charge >= 0.3 is 11.8 Å². The van der Waals surface area contributed by atoms with Crippen LogP contribution in [0.4, 0.5) is 0 Å². The van der Waals surface area contributed by atoms with E-state index in [1.54, 1.807) is 0 Å². The maximum absolute atomic E-state index is 11.7. The Hall–Kier alpha value is -1.39. The molecule has 0 radical (unpaired) electrons. The molecule has 5 heteroatoms. The van der Waals surface area contributed by atoms with Crippen molar-refractivity contribution >= 4 is 17.7 Å². The number of imide groups is 1. The van der Waals surface area contributed by atoms with Crippen molar-refractivity contribution in [1.29, 1.82) is 0 Å². The van der Waals surface area contributed by atoms with Gasteiger partial charge in [0.1, 0.15) is 0 Å². The van der Waals surface area contributed by atoms with E-state index in [1.165, 1.54) is 11.8 Å². The lowest BCUT2D eigenvalue weighted by molar-refractivity contribution is -0.163. The number of rotatable bonds is 0. The van der Waals surface area contributed by atoms with E-state index in [9.17, 15) is 14.4 Å². The maximum atomic E-state index is 11.7. The van der Waals surface area contributed by atoms with Gasteiger partial charge in [-0.3, -0.25) is 19.3 Å². The lowest BCUT2D eigenvalue weighted by atomic mass is 10.0. The Kier molecular flexibility index (Phi) is 2.83. The molecule has 1 saturated heterocycles. The number of piperazine rings is 1. The molecule has 0 aromatic carbocycles. The van der Waals surface area contributed by atoms with Crippen molar-refractivity contribution in [1.82, 2.24) is 9.80 Å². The Morgan fingerprint density at radius 2 is 1.67 bits per heavy atom. The second kappa shape index (κ2) is 3.64. The fourth-order valence-corrected chi connectivity index (χ4v) is 1.57. The van der Waals surface area contributed by atoms with Crippen molar-refractivity contribution in [2.24, 2.45) is 0 Å². The first-order valence-electron chi connectivity index (χ1n) is 4.89. The summed E-state index contributed by atoms with van der Waals surface area (Å²) in [4.78, 5) is 36.7. The predicted octanol–water partition coefficient (Wildman–Crippen LogP) is 0.00220. The summed E-state index contributed by atoms with van der Waals surface area (Å²) in [6.07, 6.45) is 0. The molecule has 1 aliphatic heterocycles. The monoisotopic (exact) mass is 212 g/mol. The van der Waals surface area contributed by atoms with Gasteiger partial charge in [0.05, 0.1) is 0 Å². The van der Waals surface area contributed by atoms with E-state index in [2.05, 4.69) is 0 Å². The van der Waals surface area contributed by atoms with Crippen molar-refractivity contribution < 1.29 is 14.4 Å². The van der Waals surface area contributed by atoms with Gasteiger partial charge in [0.15, 0.2) is 0 Å². The second-order valence-corrected chi connectivity index (χ2v) is 4.60. The summed E-state index contributed by atoms with van der Waals surface area (Å²) in [6.45, 7) is 7.58. The first kappa shape index (κ1) is 11.7. The Balaban J connectivity index is 2.88. The molecule has 0 bridgehead atoms. The summed E-state index contributed by atoms with van der Waals surface area (Å²) in [5.41, 5.74) is -0.379. The number of hydrogen-bond acceptors (Lipinski definition) is 3. The molecule has 3 amide bonds. The number of nitrogens with zero attached hydrogens (tertiary/aromatic N) is 2. The molecule has 0 aliphatic carbocycles. The van der Waals surface area contributed by atoms with Crippen LogP contribution in [0.15, 0.2) is 0 Å². The Morgan fingerprint density at radius 3 is 2.07 bits per heavy atom. The highest BCUT2D eigenvalue weighted by molar-refractivity contribution is 6.38. The van der Waals surface area contributed by atoms with Gasteiger partial charge in [-0.05, 0) is 20.8 Å². The van der Waals surface area contributed by atoms with Gasteiger partial charge < -0.3 is 4.90 Å². The van der Waals surface area contributed by atoms with Gasteiger partial charge in [-0.2, -0.15) is 0 Å². The molecule has 0 atom stereocenters. The minimum Gasteiger partial charge on any atom is -0.328 e. The van der Waals surface area contributed by atoms with Crippen LogP contribution in [-0.2, 0) is 14.4 Å². The van der Waals surface area contributed by atoms with E-state index < -0.39 is 11.8 Å². The highest BCUT2D eigenvalue weighted by atomic mass is 16.2. The summed E-state index contributed by atoms with van der Waals surface area (Å²) in [6, 6.07) is 0. The molecule has 0 unspecified atom stereocenters. The molecule has 15 heavy (non-hydrogen) atoms. The van der Waals surface area contributed by atoms with Gasteiger partial charge in [0, 0.05) is 25.6 Å². The third-order valence-corrected chi connectivity index (χ3v) is 2.41. The molecular weight excluding hydrogens is 196 g/mol. The standard InChI is InChI=1S/C10H16N2O3/c1-7(13)11-5-6-12(10(2,3)4)9(15)8(11)14/h5-6H2,1-4H3. The molecule has 0 aromatic rings. The first-order valence-corrected chi connectivity index (χ1v) is 4.89. The van der Waals surface area contributed by atoms with Crippen LogP contribution in [-0.4, -0.2) is 46.1 Å². The third kappa shape index (κ3) is 2.16. The van der Waals surface area contributed by atoms with Crippen LogP contribution in [0.2, 0.25) is 0 Å². The molecule has 1 rings (SSSR count). The summed E-state index contributed by atoms with van der Waals surface area (Å²) in [7, 11) is 0. The number of amides is 3. The van der Waals surface area contributed by atoms with Crippen molar-refractivity contribution in [2.75, 3.05) is 13.1 Å². The number of carbonyl (C=O) groups excluding carboxylic acids is 3. The molecule has 0 N–H and O–H groups in total. The smallest absolute Gasteiger partial charge is 0.318 e. The van der Waals surface area contributed by atoms with Gasteiger partial charge in [-0.25, -0.2) is 0 Å². The lowest BCUT2D eigenvalue weighted by Crippen LogP contribution is -2.60. The minimum atomic E-state index is -0.719. The molecule has 0 saturated carbocycles. The zero-order chi connectivity index (χ0) is 11.8. The van der Waals surface area contributed by atoms with Crippen molar-refractivity contribution in [3.8, 4) is 0 Å². The Bertz CT molecular complexity index is 317. The largest absolute Gasteiger partial charge is 0.328 e. The fraction of sp³-hybridized carbons (Fsp3) is 0.700. The molecule has 0 spiro atoms. The topological polar surface area (TPSA) is 57.7 Å². The summed E-state index contributed by atoms with van der Waals surface area (Å²) < 4.78 is 0. The Labute approximate surface area is 89.0 Å². The van der Waals surface area contributed by atoms with Crippen LogP contribution in [0.3, 0.4) is 0 Å². The fourth-order valence-electron chi connectivity index (χ4n) is 1.57. The molecule has 5 nitrogen and oxygen atoms in total. The SMILES string of the molecule is CC(=O)N1CCN(C(C)(C)C)C(=O)C1=O. The van der Waals surface area contributed by atoms with E-state index >= 15 is 0 Å². The first-order chi connectivity index (χ1) is 6.75. The van der Waals surface area contributed by atoms with Crippen molar-refractivity contribution in [3.05, 3.63) is 0 Å². The maximum Gasteiger partial charge on any atom is 0.318 e. The van der Waals surface area contributed by atoms with Crippen molar-refractivity contribution in [3.63, 3.8) is 0 Å². The number of hydrogen-bond donors (Lipinski definition) is 0. The second-order valence-electron chi connectivity index (χ2n) is 4.60. The van der Waals surface area contributed by atoms with E-state index in [0.717, 1.165) is 4.90 Å². The van der Waals surface area contributed by atoms with E-state index in [1.807, 2.05) is 20.8 Å². The summed E-state index contributed by atoms with van der Waals surface area (Å²) >= 11 is 0. The molecule has 1 heterocycles. The van der Waals surface area contributed by atoms with E-state index in [-0.39, 0.29) is 18.0 Å².